The molecule has 0 spiro atoms. The third-order valence-electron chi connectivity index (χ3n) is 2.87. The maximum atomic E-state index is 10.2. The van der Waals surface area contributed by atoms with E-state index in [1.165, 1.54) is 0 Å². The first-order chi connectivity index (χ1) is 8.61. The molecule has 1 aromatic heterocycles. The number of hydrogen-bond acceptors (Lipinski definition) is 2. The second kappa shape index (κ2) is 5.79. The van der Waals surface area contributed by atoms with E-state index < -0.39 is 6.10 Å². The zero-order valence-electron chi connectivity index (χ0n) is 9.99. The summed E-state index contributed by atoms with van der Waals surface area (Å²) >= 11 is 11.8. The van der Waals surface area contributed by atoms with E-state index in [-0.39, 0.29) is 0 Å². The van der Waals surface area contributed by atoms with Gasteiger partial charge in [0, 0.05) is 18.4 Å². The fraction of sp³-hybridized carbons (Fsp3) is 0.286. The van der Waals surface area contributed by atoms with Crippen molar-refractivity contribution in [1.29, 1.82) is 0 Å². The molecule has 0 amide bonds. The molecule has 1 atom stereocenters. The first-order valence-electron chi connectivity index (χ1n) is 5.80. The van der Waals surface area contributed by atoms with Crippen LogP contribution in [0.4, 0.5) is 0 Å². The van der Waals surface area contributed by atoms with E-state index in [1.807, 2.05) is 13.0 Å². The summed E-state index contributed by atoms with van der Waals surface area (Å²) in [5.74, 6) is 0.822. The van der Waals surface area contributed by atoms with Crippen LogP contribution >= 0.6 is 23.2 Å². The van der Waals surface area contributed by atoms with Crippen LogP contribution in [0.1, 0.15) is 29.9 Å². The molecule has 0 aliphatic carbocycles. The Morgan fingerprint density at radius 2 is 2.00 bits per heavy atom. The molecule has 0 aliphatic heterocycles. The van der Waals surface area contributed by atoms with Gasteiger partial charge in [0.2, 0.25) is 0 Å². The summed E-state index contributed by atoms with van der Waals surface area (Å²) in [5.41, 5.74) is 1.78. The molecule has 1 heterocycles. The molecule has 4 heteroatoms. The summed E-state index contributed by atoms with van der Waals surface area (Å²) in [7, 11) is 0. The standard InChI is InChI=1S/C14H14Cl2O2/c1-2-14-10(5-6-18-14)13(17)8-9-3-4-11(15)12(16)7-9/h3-7,13,17H,2,8H2,1H3. The number of hydrogen-bond donors (Lipinski definition) is 1. The van der Waals surface area contributed by atoms with Crippen LogP contribution < -0.4 is 0 Å². The SMILES string of the molecule is CCc1occc1C(O)Cc1ccc(Cl)c(Cl)c1. The Balaban J connectivity index is 2.16. The van der Waals surface area contributed by atoms with E-state index in [9.17, 15) is 5.11 Å². The van der Waals surface area contributed by atoms with Gasteiger partial charge >= 0.3 is 0 Å². The van der Waals surface area contributed by atoms with Crippen molar-refractivity contribution < 1.29 is 9.52 Å². The molecule has 0 radical (unpaired) electrons. The number of halogens is 2. The van der Waals surface area contributed by atoms with Crippen LogP contribution in [0.25, 0.3) is 0 Å². The maximum absolute atomic E-state index is 10.2. The number of aryl methyl sites for hydroxylation is 1. The number of rotatable bonds is 4. The van der Waals surface area contributed by atoms with Crippen LogP contribution in [0.3, 0.4) is 0 Å². The average Bonchev–Trinajstić information content (AvgIpc) is 2.82. The highest BCUT2D eigenvalue weighted by Crippen LogP contribution is 2.27. The summed E-state index contributed by atoms with van der Waals surface area (Å²) in [6, 6.07) is 7.19. The summed E-state index contributed by atoms with van der Waals surface area (Å²) in [6.45, 7) is 1.99. The van der Waals surface area contributed by atoms with Gasteiger partial charge in [-0.25, -0.2) is 0 Å². The first-order valence-corrected chi connectivity index (χ1v) is 6.55. The van der Waals surface area contributed by atoms with Gasteiger partial charge in [-0.2, -0.15) is 0 Å². The Kier molecular flexibility index (Phi) is 4.33. The summed E-state index contributed by atoms with van der Waals surface area (Å²) in [6.07, 6.45) is 2.27. The average molecular weight is 285 g/mol. The van der Waals surface area contributed by atoms with Crippen molar-refractivity contribution in [3.8, 4) is 0 Å². The summed E-state index contributed by atoms with van der Waals surface area (Å²) < 4.78 is 5.31. The highest BCUT2D eigenvalue weighted by Gasteiger charge is 2.15. The fourth-order valence-electron chi connectivity index (χ4n) is 1.93. The second-order valence-corrected chi connectivity index (χ2v) is 4.94. The molecule has 0 aliphatic rings. The van der Waals surface area contributed by atoms with Gasteiger partial charge in [-0.3, -0.25) is 0 Å². The topological polar surface area (TPSA) is 33.4 Å². The Bertz CT molecular complexity index is 534. The van der Waals surface area contributed by atoms with Gasteiger partial charge in [0.05, 0.1) is 22.4 Å². The van der Waals surface area contributed by atoms with Gasteiger partial charge in [0.25, 0.3) is 0 Å². The fourth-order valence-corrected chi connectivity index (χ4v) is 2.26. The highest BCUT2D eigenvalue weighted by atomic mass is 35.5. The molecule has 0 saturated heterocycles. The minimum Gasteiger partial charge on any atom is -0.469 e. The van der Waals surface area contributed by atoms with Crippen molar-refractivity contribution in [2.45, 2.75) is 25.9 Å². The molecule has 2 nitrogen and oxygen atoms in total. The van der Waals surface area contributed by atoms with Crippen molar-refractivity contribution in [3.63, 3.8) is 0 Å². The van der Waals surface area contributed by atoms with Crippen LogP contribution in [-0.4, -0.2) is 5.11 Å². The maximum Gasteiger partial charge on any atom is 0.109 e. The number of furan rings is 1. The van der Waals surface area contributed by atoms with Crippen LogP contribution in [-0.2, 0) is 12.8 Å². The van der Waals surface area contributed by atoms with E-state index >= 15 is 0 Å². The van der Waals surface area contributed by atoms with Crippen LogP contribution in [0.5, 0.6) is 0 Å². The normalized spacial score (nSPS) is 12.7. The molecule has 0 bridgehead atoms. The zero-order chi connectivity index (χ0) is 13.1. The van der Waals surface area contributed by atoms with Gasteiger partial charge in [0.1, 0.15) is 5.76 Å². The van der Waals surface area contributed by atoms with Gasteiger partial charge in [-0.05, 0) is 23.8 Å². The largest absolute Gasteiger partial charge is 0.469 e. The van der Waals surface area contributed by atoms with E-state index in [0.717, 1.165) is 23.3 Å². The van der Waals surface area contributed by atoms with Crippen LogP contribution in [0.15, 0.2) is 34.9 Å². The minimum absolute atomic E-state index is 0.490. The van der Waals surface area contributed by atoms with Gasteiger partial charge in [0.15, 0.2) is 0 Å². The van der Waals surface area contributed by atoms with Crippen LogP contribution in [0.2, 0.25) is 10.0 Å². The third kappa shape index (κ3) is 2.89. The van der Waals surface area contributed by atoms with Crippen LogP contribution in [0, 0.1) is 0 Å². The number of aliphatic hydroxyl groups is 1. The predicted molar refractivity (Wildman–Crippen MR) is 73.2 cm³/mol. The smallest absolute Gasteiger partial charge is 0.109 e. The molecule has 0 saturated carbocycles. The zero-order valence-corrected chi connectivity index (χ0v) is 11.5. The molecule has 1 aromatic carbocycles. The lowest BCUT2D eigenvalue weighted by Gasteiger charge is -2.11. The molecule has 18 heavy (non-hydrogen) atoms. The monoisotopic (exact) mass is 284 g/mol. The quantitative estimate of drug-likeness (QED) is 0.901. The van der Waals surface area contributed by atoms with Gasteiger partial charge in [-0.1, -0.05) is 36.2 Å². The molecule has 1 N–H and O–H groups in total. The van der Waals surface area contributed by atoms with E-state index in [1.54, 1.807) is 24.5 Å². The Labute approximate surface area is 116 Å². The number of aliphatic hydroxyl groups excluding tert-OH is 1. The number of benzene rings is 1. The molecular formula is C14H14Cl2O2. The Morgan fingerprint density at radius 3 is 2.67 bits per heavy atom. The molecule has 2 aromatic rings. The lowest BCUT2D eigenvalue weighted by molar-refractivity contribution is 0.176. The Hall–Kier alpha value is -0.960. The van der Waals surface area contributed by atoms with E-state index in [4.69, 9.17) is 27.6 Å². The predicted octanol–water partition coefficient (Wildman–Crippen LogP) is 4.42. The lowest BCUT2D eigenvalue weighted by atomic mass is 10.0. The Morgan fingerprint density at radius 1 is 1.22 bits per heavy atom. The molecule has 96 valence electrons. The minimum atomic E-state index is -0.587. The molecule has 1 unspecified atom stereocenters. The van der Waals surface area contributed by atoms with Gasteiger partial charge < -0.3 is 9.52 Å². The molecule has 2 rings (SSSR count). The van der Waals surface area contributed by atoms with Crippen molar-refractivity contribution in [3.05, 3.63) is 57.5 Å². The summed E-state index contributed by atoms with van der Waals surface area (Å²) in [4.78, 5) is 0. The first kappa shape index (κ1) is 13.5. The van der Waals surface area contributed by atoms with Crippen molar-refractivity contribution in [2.75, 3.05) is 0 Å². The van der Waals surface area contributed by atoms with Gasteiger partial charge in [-0.15, -0.1) is 0 Å². The lowest BCUT2D eigenvalue weighted by Crippen LogP contribution is -2.03. The molecule has 0 fully saturated rings. The van der Waals surface area contributed by atoms with Crippen molar-refractivity contribution >= 4 is 23.2 Å². The molecular weight excluding hydrogens is 271 g/mol. The highest BCUT2D eigenvalue weighted by molar-refractivity contribution is 6.42. The van der Waals surface area contributed by atoms with E-state index in [0.29, 0.717) is 16.5 Å². The third-order valence-corrected chi connectivity index (χ3v) is 3.61. The summed E-state index contributed by atoms with van der Waals surface area (Å²) in [5, 5.41) is 11.2. The second-order valence-electron chi connectivity index (χ2n) is 4.12. The van der Waals surface area contributed by atoms with Crippen molar-refractivity contribution in [1.82, 2.24) is 0 Å². The van der Waals surface area contributed by atoms with E-state index in [2.05, 4.69) is 0 Å². The van der Waals surface area contributed by atoms with Crippen molar-refractivity contribution in [2.24, 2.45) is 0 Å².